The van der Waals surface area contributed by atoms with E-state index in [1.165, 1.54) is 0 Å². The molecule has 3 N–H and O–H groups in total. The van der Waals surface area contributed by atoms with Crippen LogP contribution in [-0.4, -0.2) is 30.6 Å². The van der Waals surface area contributed by atoms with Crippen molar-refractivity contribution in [3.05, 3.63) is 60.9 Å². The fourth-order valence-electron chi connectivity index (χ4n) is 2.94. The van der Waals surface area contributed by atoms with Gasteiger partial charge in [0.2, 0.25) is 5.82 Å². The number of nitrogens with two attached hydrogens (primary N) is 1. The van der Waals surface area contributed by atoms with Crippen molar-refractivity contribution >= 4 is 16.9 Å². The number of aromatic amines is 1. The molecule has 5 rings (SSSR count). The summed E-state index contributed by atoms with van der Waals surface area (Å²) in [7, 11) is 0. The van der Waals surface area contributed by atoms with Gasteiger partial charge in [0, 0.05) is 40.7 Å². The topological polar surface area (TPSA) is 119 Å². The van der Waals surface area contributed by atoms with Crippen LogP contribution in [0, 0.1) is 0 Å². The molecule has 4 heterocycles. The minimum absolute atomic E-state index is 0.478. The van der Waals surface area contributed by atoms with E-state index in [2.05, 4.69) is 30.6 Å². The first-order valence-electron chi connectivity index (χ1n) is 8.23. The number of tetrazole rings is 1. The molecule has 5 aromatic rings. The van der Waals surface area contributed by atoms with Crippen LogP contribution in [0.1, 0.15) is 0 Å². The minimum Gasteiger partial charge on any atom is -0.454 e. The summed E-state index contributed by atoms with van der Waals surface area (Å²) in [5.41, 5.74) is 10.8. The summed E-state index contributed by atoms with van der Waals surface area (Å²) in [6.07, 6.45) is 3.48. The standard InChI is InChI=1S/C19H13N7O/c20-17-6-5-13(10-22-17)14-7-8-21-15-9-16(27-18(14)15)11-1-3-12(4-2-11)19-23-25-26-24-19/h1-10H,(H2,20,22)(H,23,24,25,26). The smallest absolute Gasteiger partial charge is 0.204 e. The minimum atomic E-state index is 0.478. The molecular formula is C19H13N7O. The molecule has 0 spiro atoms. The van der Waals surface area contributed by atoms with Gasteiger partial charge in [-0.15, -0.1) is 10.2 Å². The number of fused-ring (bicyclic) bond motifs is 1. The number of anilines is 1. The number of hydrogen-bond donors (Lipinski definition) is 2. The number of nitrogens with one attached hydrogen (secondary N) is 1. The number of rotatable bonds is 3. The number of furan rings is 1. The van der Waals surface area contributed by atoms with Crippen LogP contribution in [0.5, 0.6) is 0 Å². The van der Waals surface area contributed by atoms with Gasteiger partial charge in [-0.05, 0) is 23.4 Å². The van der Waals surface area contributed by atoms with Gasteiger partial charge in [0.05, 0.1) is 0 Å². The summed E-state index contributed by atoms with van der Waals surface area (Å²) in [4.78, 5) is 8.58. The fraction of sp³-hybridized carbons (Fsp3) is 0. The molecule has 0 unspecified atom stereocenters. The Hall–Kier alpha value is -4.07. The van der Waals surface area contributed by atoms with Gasteiger partial charge in [0.25, 0.3) is 0 Å². The van der Waals surface area contributed by atoms with Crippen molar-refractivity contribution in [2.45, 2.75) is 0 Å². The maximum atomic E-state index is 6.13. The molecule has 0 atom stereocenters. The number of H-pyrrole nitrogens is 1. The first kappa shape index (κ1) is 15.2. The molecule has 1 aromatic carbocycles. The maximum Gasteiger partial charge on any atom is 0.204 e. The van der Waals surface area contributed by atoms with Crippen LogP contribution < -0.4 is 5.73 Å². The highest BCUT2D eigenvalue weighted by atomic mass is 16.3. The van der Waals surface area contributed by atoms with Crippen LogP contribution in [0.25, 0.3) is 44.9 Å². The number of nitrogens with zero attached hydrogens (tertiary/aromatic N) is 5. The van der Waals surface area contributed by atoms with E-state index in [-0.39, 0.29) is 0 Å². The third-order valence-electron chi connectivity index (χ3n) is 4.28. The lowest BCUT2D eigenvalue weighted by Crippen LogP contribution is -1.89. The first-order chi connectivity index (χ1) is 13.3. The Morgan fingerprint density at radius 3 is 2.44 bits per heavy atom. The molecule has 8 nitrogen and oxygen atoms in total. The highest BCUT2D eigenvalue weighted by Gasteiger charge is 2.13. The van der Waals surface area contributed by atoms with Crippen LogP contribution >= 0.6 is 0 Å². The van der Waals surface area contributed by atoms with Gasteiger partial charge in [0.1, 0.15) is 17.1 Å². The molecule has 27 heavy (non-hydrogen) atoms. The average Bonchev–Trinajstić information content (AvgIpc) is 3.38. The quantitative estimate of drug-likeness (QED) is 0.509. The second kappa shape index (κ2) is 6.03. The maximum absolute atomic E-state index is 6.13. The van der Waals surface area contributed by atoms with Crippen LogP contribution in [0.4, 0.5) is 5.82 Å². The summed E-state index contributed by atoms with van der Waals surface area (Å²) >= 11 is 0. The predicted molar refractivity (Wildman–Crippen MR) is 100 cm³/mol. The third-order valence-corrected chi connectivity index (χ3v) is 4.28. The molecule has 8 heteroatoms. The molecule has 4 aromatic heterocycles. The van der Waals surface area contributed by atoms with Crippen molar-refractivity contribution in [2.75, 3.05) is 5.73 Å². The predicted octanol–water partition coefficient (Wildman–Crippen LogP) is 3.32. The van der Waals surface area contributed by atoms with Crippen LogP contribution in [-0.2, 0) is 0 Å². The van der Waals surface area contributed by atoms with Crippen LogP contribution in [0.2, 0.25) is 0 Å². The molecule has 0 bridgehead atoms. The second-order valence-corrected chi connectivity index (χ2v) is 5.97. The van der Waals surface area contributed by atoms with Gasteiger partial charge >= 0.3 is 0 Å². The van der Waals surface area contributed by atoms with E-state index in [4.69, 9.17) is 10.2 Å². The molecule has 0 saturated heterocycles. The summed E-state index contributed by atoms with van der Waals surface area (Å²) in [5, 5.41) is 14.0. The van der Waals surface area contributed by atoms with Gasteiger partial charge < -0.3 is 10.2 Å². The van der Waals surface area contributed by atoms with Gasteiger partial charge in [-0.3, -0.25) is 4.98 Å². The summed E-state index contributed by atoms with van der Waals surface area (Å²) in [6.45, 7) is 0. The van der Waals surface area contributed by atoms with Gasteiger partial charge in [0.15, 0.2) is 5.58 Å². The van der Waals surface area contributed by atoms with E-state index in [0.717, 1.165) is 33.5 Å². The number of nitrogen functional groups attached to an aromatic ring is 1. The summed E-state index contributed by atoms with van der Waals surface area (Å²) in [6, 6.07) is 15.3. The molecule has 130 valence electrons. The molecule has 0 aliphatic carbocycles. The lowest BCUT2D eigenvalue weighted by molar-refractivity contribution is 0.632. The SMILES string of the molecule is Nc1ccc(-c2ccnc3cc(-c4ccc(-c5nn[nH]n5)cc4)oc23)cn1. The Labute approximate surface area is 153 Å². The molecule has 0 amide bonds. The van der Waals surface area contributed by atoms with E-state index in [0.29, 0.717) is 17.2 Å². The van der Waals surface area contributed by atoms with Crippen molar-refractivity contribution in [1.82, 2.24) is 30.6 Å². The lowest BCUT2D eigenvalue weighted by atomic mass is 10.1. The van der Waals surface area contributed by atoms with Crippen LogP contribution in [0.3, 0.4) is 0 Å². The first-order valence-corrected chi connectivity index (χ1v) is 8.23. The zero-order chi connectivity index (χ0) is 18.2. The van der Waals surface area contributed by atoms with Gasteiger partial charge in [-0.2, -0.15) is 5.21 Å². The van der Waals surface area contributed by atoms with Crippen molar-refractivity contribution in [3.63, 3.8) is 0 Å². The van der Waals surface area contributed by atoms with Crippen molar-refractivity contribution in [1.29, 1.82) is 0 Å². The van der Waals surface area contributed by atoms with Crippen molar-refractivity contribution < 1.29 is 4.42 Å². The Bertz CT molecular complexity index is 1210. The molecule has 0 aliphatic heterocycles. The molecular weight excluding hydrogens is 342 g/mol. The summed E-state index contributed by atoms with van der Waals surface area (Å²) < 4.78 is 6.13. The van der Waals surface area contributed by atoms with E-state index >= 15 is 0 Å². The summed E-state index contributed by atoms with van der Waals surface area (Å²) in [5.74, 6) is 1.75. The van der Waals surface area contributed by atoms with Gasteiger partial charge in [-0.1, -0.05) is 24.3 Å². The number of hydrogen-bond acceptors (Lipinski definition) is 7. The normalized spacial score (nSPS) is 11.1. The monoisotopic (exact) mass is 355 g/mol. The fourth-order valence-corrected chi connectivity index (χ4v) is 2.94. The zero-order valence-electron chi connectivity index (χ0n) is 14.0. The van der Waals surface area contributed by atoms with E-state index in [1.54, 1.807) is 18.5 Å². The van der Waals surface area contributed by atoms with Crippen LogP contribution in [0.15, 0.2) is 65.3 Å². The number of aromatic nitrogens is 6. The van der Waals surface area contributed by atoms with Crippen molar-refractivity contribution in [3.8, 4) is 33.8 Å². The van der Waals surface area contributed by atoms with E-state index in [1.807, 2.05) is 42.5 Å². The Morgan fingerprint density at radius 2 is 1.70 bits per heavy atom. The molecule has 0 radical (unpaired) electrons. The highest BCUT2D eigenvalue weighted by Crippen LogP contribution is 2.33. The molecule has 0 fully saturated rings. The van der Waals surface area contributed by atoms with Crippen molar-refractivity contribution in [2.24, 2.45) is 0 Å². The Kier molecular flexibility index (Phi) is 3.39. The Morgan fingerprint density at radius 1 is 0.889 bits per heavy atom. The van der Waals surface area contributed by atoms with E-state index < -0.39 is 0 Å². The number of benzene rings is 1. The lowest BCUT2D eigenvalue weighted by Gasteiger charge is -2.02. The average molecular weight is 355 g/mol. The molecule has 0 saturated carbocycles. The zero-order valence-corrected chi connectivity index (χ0v) is 14.0. The number of pyridine rings is 2. The van der Waals surface area contributed by atoms with E-state index in [9.17, 15) is 0 Å². The Balaban J connectivity index is 1.57. The highest BCUT2D eigenvalue weighted by molar-refractivity contribution is 5.92. The third kappa shape index (κ3) is 2.69. The van der Waals surface area contributed by atoms with Gasteiger partial charge in [-0.25, -0.2) is 4.98 Å². The second-order valence-electron chi connectivity index (χ2n) is 5.97. The molecule has 0 aliphatic rings. The largest absolute Gasteiger partial charge is 0.454 e.